The molecule has 0 bridgehead atoms. The number of esters is 1. The van der Waals surface area contributed by atoms with E-state index in [2.05, 4.69) is 20.9 Å². The van der Waals surface area contributed by atoms with E-state index in [1.54, 1.807) is 31.4 Å². The zero-order chi connectivity index (χ0) is 14.8. The molecule has 2 heterocycles. The number of ether oxygens (including phenoxy) is 2. The van der Waals surface area contributed by atoms with Gasteiger partial charge in [0.2, 0.25) is 0 Å². The summed E-state index contributed by atoms with van der Waals surface area (Å²) in [6, 6.07) is 10.7. The molecule has 1 aliphatic heterocycles. The van der Waals surface area contributed by atoms with Crippen LogP contribution in [0.3, 0.4) is 0 Å². The lowest BCUT2D eigenvalue weighted by molar-refractivity contribution is -0.130. The summed E-state index contributed by atoms with van der Waals surface area (Å²) in [5.74, 6) is 0.735. The number of rotatable bonds is 3. The van der Waals surface area contributed by atoms with E-state index in [9.17, 15) is 4.79 Å². The predicted octanol–water partition coefficient (Wildman–Crippen LogP) is 3.40. The first kappa shape index (κ1) is 13.6. The van der Waals surface area contributed by atoms with Crippen LogP contribution in [-0.4, -0.2) is 19.0 Å². The lowest BCUT2D eigenvalue weighted by Gasteiger charge is -2.00. The minimum absolute atomic E-state index is 0.153. The second-order valence-electron chi connectivity index (χ2n) is 4.22. The van der Waals surface area contributed by atoms with Crippen molar-refractivity contribution >= 4 is 33.9 Å². The van der Waals surface area contributed by atoms with Crippen LogP contribution in [0.2, 0.25) is 0 Å². The average Bonchev–Trinajstić information content (AvgIpc) is 3.06. The van der Waals surface area contributed by atoms with Gasteiger partial charge in [0.25, 0.3) is 5.90 Å². The molecular weight excluding hydrogens is 338 g/mol. The van der Waals surface area contributed by atoms with Gasteiger partial charge in [0.05, 0.1) is 7.11 Å². The van der Waals surface area contributed by atoms with Crippen LogP contribution < -0.4 is 4.74 Å². The monoisotopic (exact) mass is 347 g/mol. The van der Waals surface area contributed by atoms with Crippen molar-refractivity contribution in [3.05, 3.63) is 58.1 Å². The molecule has 0 spiro atoms. The van der Waals surface area contributed by atoms with Crippen molar-refractivity contribution in [1.82, 2.24) is 0 Å². The number of hydrogen-bond acceptors (Lipinski definition) is 5. The Morgan fingerprint density at radius 1 is 1.29 bits per heavy atom. The van der Waals surface area contributed by atoms with Crippen LogP contribution in [0, 0.1) is 0 Å². The van der Waals surface area contributed by atoms with Gasteiger partial charge in [-0.25, -0.2) is 9.79 Å². The number of hydrogen-bond donors (Lipinski definition) is 0. The molecule has 3 rings (SSSR count). The van der Waals surface area contributed by atoms with E-state index in [-0.39, 0.29) is 11.6 Å². The minimum atomic E-state index is -0.514. The Morgan fingerprint density at radius 2 is 2.14 bits per heavy atom. The SMILES string of the molecule is COc1cccc(/C=C2\N=C(c3ccc(Br)o3)OC2=O)c1. The molecule has 2 aromatic rings. The van der Waals surface area contributed by atoms with Crippen LogP contribution in [0.4, 0.5) is 0 Å². The number of carbonyl (C=O) groups is 1. The van der Waals surface area contributed by atoms with Gasteiger partial charge in [-0.05, 0) is 51.8 Å². The molecule has 6 heteroatoms. The number of carbonyl (C=O) groups excluding carboxylic acids is 1. The Labute approximate surface area is 129 Å². The Hall–Kier alpha value is -2.34. The fourth-order valence-electron chi connectivity index (χ4n) is 1.83. The van der Waals surface area contributed by atoms with Crippen LogP contribution in [-0.2, 0) is 9.53 Å². The predicted molar refractivity (Wildman–Crippen MR) is 80.0 cm³/mol. The van der Waals surface area contributed by atoms with E-state index in [0.717, 1.165) is 5.56 Å². The lowest BCUT2D eigenvalue weighted by Crippen LogP contribution is -2.04. The molecule has 0 unspecified atom stereocenters. The third-order valence-corrected chi connectivity index (χ3v) is 3.23. The second-order valence-corrected chi connectivity index (χ2v) is 5.00. The Balaban J connectivity index is 1.92. The van der Waals surface area contributed by atoms with Gasteiger partial charge in [-0.2, -0.15) is 0 Å². The molecule has 0 N–H and O–H groups in total. The number of cyclic esters (lactones) is 1. The van der Waals surface area contributed by atoms with Gasteiger partial charge in [-0.1, -0.05) is 12.1 Å². The van der Waals surface area contributed by atoms with E-state index in [1.165, 1.54) is 0 Å². The van der Waals surface area contributed by atoms with Gasteiger partial charge in [0, 0.05) is 0 Å². The molecule has 1 aliphatic rings. The minimum Gasteiger partial charge on any atom is -0.497 e. The molecule has 0 amide bonds. The maximum Gasteiger partial charge on any atom is 0.363 e. The topological polar surface area (TPSA) is 61.0 Å². The summed E-state index contributed by atoms with van der Waals surface area (Å²) >= 11 is 3.19. The van der Waals surface area contributed by atoms with Crippen molar-refractivity contribution in [2.45, 2.75) is 0 Å². The van der Waals surface area contributed by atoms with Gasteiger partial charge >= 0.3 is 5.97 Å². The van der Waals surface area contributed by atoms with Gasteiger partial charge < -0.3 is 13.9 Å². The van der Waals surface area contributed by atoms with Crippen LogP contribution in [0.1, 0.15) is 11.3 Å². The highest BCUT2D eigenvalue weighted by Crippen LogP contribution is 2.23. The summed E-state index contributed by atoms with van der Waals surface area (Å²) in [6.45, 7) is 0. The molecule has 1 aromatic carbocycles. The number of aliphatic imine (C=N–C) groups is 1. The summed E-state index contributed by atoms with van der Waals surface area (Å²) < 4.78 is 16.1. The van der Waals surface area contributed by atoms with E-state index < -0.39 is 5.97 Å². The third-order valence-electron chi connectivity index (χ3n) is 2.80. The summed E-state index contributed by atoms with van der Waals surface area (Å²) in [6.07, 6.45) is 1.63. The van der Waals surface area contributed by atoms with Crippen molar-refractivity contribution < 1.29 is 18.7 Å². The quantitative estimate of drug-likeness (QED) is 0.630. The van der Waals surface area contributed by atoms with Gasteiger partial charge in [0.1, 0.15) is 5.75 Å². The maximum atomic E-state index is 11.8. The number of halogens is 1. The lowest BCUT2D eigenvalue weighted by atomic mass is 10.2. The first-order chi connectivity index (χ1) is 10.2. The van der Waals surface area contributed by atoms with Crippen LogP contribution in [0.25, 0.3) is 6.08 Å². The van der Waals surface area contributed by atoms with E-state index in [1.807, 2.05) is 18.2 Å². The molecule has 106 valence electrons. The molecule has 0 radical (unpaired) electrons. The third kappa shape index (κ3) is 2.90. The fourth-order valence-corrected chi connectivity index (χ4v) is 2.14. The highest BCUT2D eigenvalue weighted by molar-refractivity contribution is 9.10. The molecule has 0 saturated carbocycles. The van der Waals surface area contributed by atoms with E-state index >= 15 is 0 Å². The summed E-state index contributed by atoms with van der Waals surface area (Å²) in [7, 11) is 1.58. The molecule has 21 heavy (non-hydrogen) atoms. The van der Waals surface area contributed by atoms with Gasteiger partial charge in [-0.3, -0.25) is 0 Å². The van der Waals surface area contributed by atoms with E-state index in [4.69, 9.17) is 13.9 Å². The Morgan fingerprint density at radius 3 is 2.86 bits per heavy atom. The van der Waals surface area contributed by atoms with Crippen molar-refractivity contribution in [2.75, 3.05) is 7.11 Å². The standard InChI is InChI=1S/C15H10BrNO4/c1-19-10-4-2-3-9(7-10)8-11-15(18)21-14(17-11)12-5-6-13(16)20-12/h2-8H,1H3/b11-8-. The Kier molecular flexibility index (Phi) is 3.62. The van der Waals surface area contributed by atoms with Crippen molar-refractivity contribution in [2.24, 2.45) is 4.99 Å². The second kappa shape index (κ2) is 5.57. The molecule has 1 aromatic heterocycles. The zero-order valence-electron chi connectivity index (χ0n) is 11.0. The van der Waals surface area contributed by atoms with Crippen molar-refractivity contribution in [1.29, 1.82) is 0 Å². The van der Waals surface area contributed by atoms with Crippen molar-refractivity contribution in [3.63, 3.8) is 0 Å². The maximum absolute atomic E-state index is 11.8. The largest absolute Gasteiger partial charge is 0.497 e. The first-order valence-corrected chi connectivity index (χ1v) is 6.87. The fraction of sp³-hybridized carbons (Fsp3) is 0.0667. The van der Waals surface area contributed by atoms with Crippen LogP contribution in [0.15, 0.2) is 56.2 Å². The molecule has 0 atom stereocenters. The molecule has 5 nitrogen and oxygen atoms in total. The highest BCUT2D eigenvalue weighted by atomic mass is 79.9. The molecule has 0 fully saturated rings. The molecular formula is C15H10BrNO4. The summed E-state index contributed by atoms with van der Waals surface area (Å²) in [5, 5.41) is 0. The Bertz CT molecular complexity index is 761. The number of nitrogens with zero attached hydrogens (tertiary/aromatic N) is 1. The van der Waals surface area contributed by atoms with Crippen LogP contribution >= 0.6 is 15.9 Å². The molecule has 0 saturated heterocycles. The number of furan rings is 1. The first-order valence-electron chi connectivity index (χ1n) is 6.08. The van der Waals surface area contributed by atoms with Gasteiger partial charge in [-0.15, -0.1) is 0 Å². The zero-order valence-corrected chi connectivity index (χ0v) is 12.6. The van der Waals surface area contributed by atoms with Crippen LogP contribution in [0.5, 0.6) is 5.75 Å². The van der Waals surface area contributed by atoms with Gasteiger partial charge in [0.15, 0.2) is 16.1 Å². The van der Waals surface area contributed by atoms with Crippen molar-refractivity contribution in [3.8, 4) is 5.75 Å². The highest BCUT2D eigenvalue weighted by Gasteiger charge is 2.26. The smallest absolute Gasteiger partial charge is 0.363 e. The summed E-state index contributed by atoms with van der Waals surface area (Å²) in [4.78, 5) is 16.0. The molecule has 0 aliphatic carbocycles. The normalized spacial score (nSPS) is 16.0. The number of benzene rings is 1. The number of methoxy groups -OCH3 is 1. The van der Waals surface area contributed by atoms with E-state index in [0.29, 0.717) is 16.2 Å². The summed E-state index contributed by atoms with van der Waals surface area (Å²) in [5.41, 5.74) is 1.01. The average molecular weight is 348 g/mol.